The zero-order chi connectivity index (χ0) is 10.4. The Morgan fingerprint density at radius 2 is 2.00 bits per heavy atom. The fraction of sp³-hybridized carbons (Fsp3) is 1.00. The van der Waals surface area contributed by atoms with Crippen LogP contribution in [-0.4, -0.2) is 53.8 Å². The second-order valence-electron chi connectivity index (χ2n) is 4.52. The van der Waals surface area contributed by atoms with Crippen molar-refractivity contribution < 1.29 is 9.16 Å². The summed E-state index contributed by atoms with van der Waals surface area (Å²) in [6, 6.07) is 0. The van der Waals surface area contributed by atoms with Crippen molar-refractivity contribution in [1.82, 2.24) is 4.90 Å². The van der Waals surface area contributed by atoms with Gasteiger partial charge >= 0.3 is 0 Å². The molecule has 1 aliphatic heterocycles. The molecule has 0 amide bonds. The average Bonchev–Trinajstić information content (AvgIpc) is 2.19. The highest BCUT2D eigenvalue weighted by Crippen LogP contribution is 2.15. The number of ether oxygens (including phenoxy) is 1. The molecule has 0 unspecified atom stereocenters. The average molecular weight is 217 g/mol. The third-order valence-electron chi connectivity index (χ3n) is 2.91. The van der Waals surface area contributed by atoms with Gasteiger partial charge in [0.2, 0.25) is 0 Å². The summed E-state index contributed by atoms with van der Waals surface area (Å²) in [4.78, 5) is 2.48. The molecule has 84 valence electrons. The summed E-state index contributed by atoms with van der Waals surface area (Å²) in [6.45, 7) is 9.56. The summed E-state index contributed by atoms with van der Waals surface area (Å²) in [7, 11) is 0.840. The van der Waals surface area contributed by atoms with Crippen molar-refractivity contribution in [2.75, 3.05) is 32.8 Å². The zero-order valence-corrected chi connectivity index (χ0v) is 11.7. The van der Waals surface area contributed by atoms with Gasteiger partial charge in [0.1, 0.15) is 10.5 Å². The number of hydrogen-bond donors (Lipinski definition) is 0. The third-order valence-corrected chi connectivity index (χ3v) is 4.01. The SMILES string of the molecule is CC(C)(CCCN1CCOCC1)O[SiH3]. The molecule has 1 saturated heterocycles. The summed E-state index contributed by atoms with van der Waals surface area (Å²) in [5.41, 5.74) is 0.0957. The Morgan fingerprint density at radius 1 is 1.36 bits per heavy atom. The van der Waals surface area contributed by atoms with Crippen LogP contribution in [0, 0.1) is 0 Å². The van der Waals surface area contributed by atoms with Crippen LogP contribution in [0.4, 0.5) is 0 Å². The van der Waals surface area contributed by atoms with Gasteiger partial charge in [0.25, 0.3) is 0 Å². The lowest BCUT2D eigenvalue weighted by Crippen LogP contribution is -2.37. The van der Waals surface area contributed by atoms with Crippen molar-refractivity contribution in [3.8, 4) is 0 Å². The summed E-state index contributed by atoms with van der Waals surface area (Å²) in [5.74, 6) is 0. The minimum atomic E-state index is 0.0957. The molecule has 0 aromatic rings. The van der Waals surface area contributed by atoms with E-state index in [0.29, 0.717) is 0 Å². The van der Waals surface area contributed by atoms with Crippen LogP contribution < -0.4 is 0 Å². The topological polar surface area (TPSA) is 21.7 Å². The lowest BCUT2D eigenvalue weighted by molar-refractivity contribution is 0.0330. The van der Waals surface area contributed by atoms with Gasteiger partial charge in [-0.1, -0.05) is 0 Å². The monoisotopic (exact) mass is 217 g/mol. The zero-order valence-electron chi connectivity index (χ0n) is 9.71. The second kappa shape index (κ2) is 5.85. The van der Waals surface area contributed by atoms with Crippen molar-refractivity contribution in [1.29, 1.82) is 0 Å². The van der Waals surface area contributed by atoms with Gasteiger partial charge < -0.3 is 9.16 Å². The molecule has 1 rings (SSSR count). The Bertz CT molecular complexity index is 158. The van der Waals surface area contributed by atoms with Crippen LogP contribution in [0.3, 0.4) is 0 Å². The summed E-state index contributed by atoms with van der Waals surface area (Å²) in [6.07, 6.45) is 2.39. The first-order valence-corrected chi connectivity index (χ1v) is 6.31. The van der Waals surface area contributed by atoms with Gasteiger partial charge in [-0.3, -0.25) is 4.90 Å². The maximum atomic E-state index is 5.52. The maximum Gasteiger partial charge on any atom is 0.146 e. The van der Waals surface area contributed by atoms with Crippen molar-refractivity contribution in [3.05, 3.63) is 0 Å². The van der Waals surface area contributed by atoms with Crippen molar-refractivity contribution >= 4 is 10.5 Å². The molecule has 0 aromatic carbocycles. The molecule has 1 aliphatic rings. The predicted molar refractivity (Wildman–Crippen MR) is 61.6 cm³/mol. The van der Waals surface area contributed by atoms with E-state index in [1.807, 2.05) is 0 Å². The van der Waals surface area contributed by atoms with E-state index >= 15 is 0 Å². The summed E-state index contributed by atoms with van der Waals surface area (Å²) in [5, 5.41) is 0. The fourth-order valence-corrected chi connectivity index (χ4v) is 1.86. The molecule has 0 aliphatic carbocycles. The van der Waals surface area contributed by atoms with Gasteiger partial charge in [-0.2, -0.15) is 0 Å². The van der Waals surface area contributed by atoms with Crippen molar-refractivity contribution in [3.63, 3.8) is 0 Å². The largest absolute Gasteiger partial charge is 0.423 e. The molecule has 1 fully saturated rings. The Balaban J connectivity index is 2.08. The molecule has 0 N–H and O–H groups in total. The molecule has 1 heterocycles. The lowest BCUT2D eigenvalue weighted by Gasteiger charge is -2.29. The third kappa shape index (κ3) is 4.55. The molecule has 0 radical (unpaired) electrons. The minimum absolute atomic E-state index is 0.0957. The van der Waals surface area contributed by atoms with Crippen molar-refractivity contribution in [2.24, 2.45) is 0 Å². The summed E-state index contributed by atoms with van der Waals surface area (Å²) >= 11 is 0. The number of hydrogen-bond acceptors (Lipinski definition) is 3. The molecule has 14 heavy (non-hydrogen) atoms. The van der Waals surface area contributed by atoms with Crippen LogP contribution in [0.5, 0.6) is 0 Å². The Kier molecular flexibility index (Phi) is 5.09. The standard InChI is InChI=1S/C10H23NO2Si/c1-10(2,13-14)4-3-5-11-6-8-12-9-7-11/h3-9H2,1-2,14H3. The van der Waals surface area contributed by atoms with E-state index in [1.165, 1.54) is 13.0 Å². The van der Waals surface area contributed by atoms with Gasteiger partial charge in [-0.05, 0) is 33.2 Å². The Labute approximate surface area is 90.3 Å². The van der Waals surface area contributed by atoms with Gasteiger partial charge in [-0.25, -0.2) is 0 Å². The van der Waals surface area contributed by atoms with Crippen molar-refractivity contribution in [2.45, 2.75) is 32.3 Å². The van der Waals surface area contributed by atoms with E-state index in [9.17, 15) is 0 Å². The molecule has 0 bridgehead atoms. The van der Waals surface area contributed by atoms with Crippen LogP contribution >= 0.6 is 0 Å². The van der Waals surface area contributed by atoms with E-state index in [-0.39, 0.29) is 5.60 Å². The van der Waals surface area contributed by atoms with E-state index in [2.05, 4.69) is 18.7 Å². The smallest absolute Gasteiger partial charge is 0.146 e. The Morgan fingerprint density at radius 3 is 2.57 bits per heavy atom. The molecule has 3 nitrogen and oxygen atoms in total. The number of morpholine rings is 1. The fourth-order valence-electron chi connectivity index (χ4n) is 1.66. The van der Waals surface area contributed by atoms with Crippen LogP contribution in [0.25, 0.3) is 0 Å². The molecular formula is C10H23NO2Si. The lowest BCUT2D eigenvalue weighted by atomic mass is 10.0. The van der Waals surface area contributed by atoms with Crippen LogP contribution in [-0.2, 0) is 9.16 Å². The van der Waals surface area contributed by atoms with Gasteiger partial charge in [0.15, 0.2) is 0 Å². The van der Waals surface area contributed by atoms with Crippen LogP contribution in [0.1, 0.15) is 26.7 Å². The van der Waals surface area contributed by atoms with Gasteiger partial charge in [0, 0.05) is 18.7 Å². The molecular weight excluding hydrogens is 194 g/mol. The van der Waals surface area contributed by atoms with E-state index < -0.39 is 0 Å². The second-order valence-corrected chi connectivity index (χ2v) is 4.93. The predicted octanol–water partition coefficient (Wildman–Crippen LogP) is 0.174. The number of nitrogens with zero attached hydrogens (tertiary/aromatic N) is 1. The Hall–Kier alpha value is 0.0969. The molecule has 0 spiro atoms. The minimum Gasteiger partial charge on any atom is -0.423 e. The van der Waals surface area contributed by atoms with E-state index in [4.69, 9.17) is 9.16 Å². The quantitative estimate of drug-likeness (QED) is 0.613. The highest BCUT2D eigenvalue weighted by Gasteiger charge is 2.16. The first kappa shape index (κ1) is 12.2. The van der Waals surface area contributed by atoms with E-state index in [0.717, 1.165) is 43.2 Å². The molecule has 0 saturated carbocycles. The molecule has 0 atom stereocenters. The van der Waals surface area contributed by atoms with Crippen LogP contribution in [0.2, 0.25) is 0 Å². The van der Waals surface area contributed by atoms with Gasteiger partial charge in [0.05, 0.1) is 13.2 Å². The summed E-state index contributed by atoms with van der Waals surface area (Å²) < 4.78 is 10.8. The molecule has 0 aromatic heterocycles. The first-order valence-electron chi connectivity index (χ1n) is 5.49. The number of rotatable bonds is 5. The molecule has 4 heteroatoms. The normalized spacial score (nSPS) is 20.1. The van der Waals surface area contributed by atoms with Gasteiger partial charge in [-0.15, -0.1) is 0 Å². The van der Waals surface area contributed by atoms with Crippen LogP contribution in [0.15, 0.2) is 0 Å². The van der Waals surface area contributed by atoms with E-state index in [1.54, 1.807) is 0 Å². The highest BCUT2D eigenvalue weighted by atomic mass is 28.2. The highest BCUT2D eigenvalue weighted by molar-refractivity contribution is 5.98. The first-order chi connectivity index (χ1) is 6.64. The maximum absolute atomic E-state index is 5.52.